The topological polar surface area (TPSA) is 12.4 Å². The van der Waals surface area contributed by atoms with Crippen molar-refractivity contribution in [1.82, 2.24) is 0 Å². The molecule has 0 bridgehead atoms. The van der Waals surface area contributed by atoms with Crippen molar-refractivity contribution in [2.75, 3.05) is 13.2 Å². The van der Waals surface area contributed by atoms with Crippen molar-refractivity contribution in [3.63, 3.8) is 0 Å². The predicted octanol–water partition coefficient (Wildman–Crippen LogP) is 2.92. The molecule has 1 rings (SSSR count). The highest BCUT2D eigenvalue weighted by atomic mass is 19.1. The quantitative estimate of drug-likeness (QED) is 0.542. The molecule has 0 N–H and O–H groups in total. The van der Waals surface area contributed by atoms with Gasteiger partial charge in [-0.25, -0.2) is 0 Å². The molecule has 0 aliphatic carbocycles. The smallest absolute Gasteiger partial charge is 0.0894 e. The van der Waals surface area contributed by atoms with Crippen molar-refractivity contribution in [2.45, 2.75) is 32.1 Å². The Morgan fingerprint density at radius 2 is 2.08 bits per heavy atom. The van der Waals surface area contributed by atoms with E-state index < -0.39 is 0 Å². The largest absolute Gasteiger partial charge is 0.286 e. The first-order chi connectivity index (χ1) is 5.93. The van der Waals surface area contributed by atoms with E-state index in [4.69, 9.17) is 0 Å². The number of hydrogen-bond donors (Lipinski definition) is 0. The number of hydrogen-bond acceptors (Lipinski definition) is 1. The summed E-state index contributed by atoms with van der Waals surface area (Å²) in [5, 5.41) is 0. The first-order valence-corrected chi connectivity index (χ1v) is 4.69. The van der Waals surface area contributed by atoms with Gasteiger partial charge in [0.2, 0.25) is 0 Å². The van der Waals surface area contributed by atoms with Crippen LogP contribution in [0.2, 0.25) is 0 Å². The molecular formula is C10H16FN. The van der Waals surface area contributed by atoms with Gasteiger partial charge in [0.25, 0.3) is 0 Å². The van der Waals surface area contributed by atoms with Crippen LogP contribution in [0.25, 0.3) is 0 Å². The van der Waals surface area contributed by atoms with Crippen LogP contribution in [0.15, 0.2) is 17.1 Å². The second-order valence-electron chi connectivity index (χ2n) is 3.09. The normalized spacial score (nSPS) is 15.2. The molecule has 1 aliphatic heterocycles. The highest BCUT2D eigenvalue weighted by Crippen LogP contribution is 2.07. The van der Waals surface area contributed by atoms with Crippen molar-refractivity contribution in [2.24, 2.45) is 4.99 Å². The standard InChI is InChI=1S/C10H16FN/c11-8-4-2-1-3-6-10-7-5-9-12-10/h5,7H,1-4,6,8-9H2. The molecular weight excluding hydrogens is 153 g/mol. The van der Waals surface area contributed by atoms with Gasteiger partial charge in [0.05, 0.1) is 13.2 Å². The molecule has 0 saturated heterocycles. The Balaban J connectivity index is 1.92. The van der Waals surface area contributed by atoms with E-state index in [0.717, 1.165) is 38.6 Å². The van der Waals surface area contributed by atoms with Crippen LogP contribution in [-0.4, -0.2) is 18.9 Å². The maximum Gasteiger partial charge on any atom is 0.0894 e. The minimum Gasteiger partial charge on any atom is -0.286 e. The second kappa shape index (κ2) is 5.92. The van der Waals surface area contributed by atoms with Gasteiger partial charge < -0.3 is 0 Å². The summed E-state index contributed by atoms with van der Waals surface area (Å²) in [5.74, 6) is 0. The van der Waals surface area contributed by atoms with Crippen LogP contribution >= 0.6 is 0 Å². The molecule has 0 unspecified atom stereocenters. The van der Waals surface area contributed by atoms with E-state index in [-0.39, 0.29) is 6.67 Å². The summed E-state index contributed by atoms with van der Waals surface area (Å²) >= 11 is 0. The molecule has 0 aromatic carbocycles. The Labute approximate surface area is 73.4 Å². The van der Waals surface area contributed by atoms with Gasteiger partial charge in [-0.3, -0.25) is 9.38 Å². The van der Waals surface area contributed by atoms with Crippen molar-refractivity contribution in [1.29, 1.82) is 0 Å². The molecule has 0 saturated carbocycles. The first kappa shape index (κ1) is 9.43. The number of rotatable bonds is 6. The SMILES string of the molecule is FCCCCCCC1=NCC=C1. The van der Waals surface area contributed by atoms with Gasteiger partial charge in [-0.15, -0.1) is 0 Å². The van der Waals surface area contributed by atoms with E-state index in [2.05, 4.69) is 17.1 Å². The van der Waals surface area contributed by atoms with E-state index in [1.165, 1.54) is 5.71 Å². The summed E-state index contributed by atoms with van der Waals surface area (Å²) in [6.07, 6.45) is 9.28. The molecule has 1 nitrogen and oxygen atoms in total. The zero-order chi connectivity index (χ0) is 8.65. The summed E-state index contributed by atoms with van der Waals surface area (Å²) in [6.45, 7) is 0.695. The minimum atomic E-state index is -0.166. The fourth-order valence-corrected chi connectivity index (χ4v) is 1.33. The van der Waals surface area contributed by atoms with Crippen LogP contribution in [0.1, 0.15) is 32.1 Å². The van der Waals surface area contributed by atoms with Gasteiger partial charge in [0.1, 0.15) is 0 Å². The van der Waals surface area contributed by atoms with E-state index in [1.807, 2.05) is 0 Å². The van der Waals surface area contributed by atoms with Gasteiger partial charge in [-0.05, 0) is 25.3 Å². The molecule has 0 radical (unpaired) electrons. The molecule has 0 fully saturated rings. The number of alkyl halides is 1. The summed E-state index contributed by atoms with van der Waals surface area (Å²) in [5.41, 5.74) is 1.22. The average molecular weight is 169 g/mol. The van der Waals surface area contributed by atoms with Crippen molar-refractivity contribution in [3.05, 3.63) is 12.2 Å². The maximum atomic E-state index is 11.7. The van der Waals surface area contributed by atoms with E-state index >= 15 is 0 Å². The third-order valence-corrected chi connectivity index (χ3v) is 2.03. The summed E-state index contributed by atoms with van der Waals surface area (Å²) in [7, 11) is 0. The molecule has 0 aromatic heterocycles. The Morgan fingerprint density at radius 1 is 1.25 bits per heavy atom. The van der Waals surface area contributed by atoms with Crippen LogP contribution in [0, 0.1) is 0 Å². The van der Waals surface area contributed by atoms with Crippen LogP contribution in [0.5, 0.6) is 0 Å². The molecule has 0 atom stereocenters. The van der Waals surface area contributed by atoms with Crippen LogP contribution in [0.3, 0.4) is 0 Å². The molecule has 0 aromatic rings. The van der Waals surface area contributed by atoms with Crippen molar-refractivity contribution >= 4 is 5.71 Å². The van der Waals surface area contributed by atoms with Gasteiger partial charge in [0.15, 0.2) is 0 Å². The van der Waals surface area contributed by atoms with Gasteiger partial charge >= 0.3 is 0 Å². The lowest BCUT2D eigenvalue weighted by Crippen LogP contribution is -1.90. The Kier molecular flexibility index (Phi) is 4.65. The summed E-state index contributed by atoms with van der Waals surface area (Å²) < 4.78 is 11.7. The first-order valence-electron chi connectivity index (χ1n) is 4.69. The van der Waals surface area contributed by atoms with Crippen LogP contribution < -0.4 is 0 Å². The molecule has 0 spiro atoms. The van der Waals surface area contributed by atoms with Crippen molar-refractivity contribution < 1.29 is 4.39 Å². The van der Waals surface area contributed by atoms with Gasteiger partial charge in [0, 0.05) is 5.71 Å². The van der Waals surface area contributed by atoms with E-state index in [9.17, 15) is 4.39 Å². The lowest BCUT2D eigenvalue weighted by atomic mass is 10.1. The number of allylic oxidation sites excluding steroid dienone is 1. The zero-order valence-electron chi connectivity index (χ0n) is 7.43. The molecule has 1 aliphatic rings. The third-order valence-electron chi connectivity index (χ3n) is 2.03. The minimum absolute atomic E-state index is 0.166. The monoisotopic (exact) mass is 169 g/mol. The van der Waals surface area contributed by atoms with Crippen LogP contribution in [-0.2, 0) is 0 Å². The number of unbranched alkanes of at least 4 members (excludes halogenated alkanes) is 3. The van der Waals surface area contributed by atoms with E-state index in [1.54, 1.807) is 0 Å². The van der Waals surface area contributed by atoms with Gasteiger partial charge in [-0.1, -0.05) is 18.9 Å². The number of halogens is 1. The molecule has 2 heteroatoms. The Morgan fingerprint density at radius 3 is 2.75 bits per heavy atom. The molecule has 12 heavy (non-hydrogen) atoms. The Bertz CT molecular complexity index is 173. The highest BCUT2D eigenvalue weighted by molar-refractivity contribution is 5.96. The Hall–Kier alpha value is -0.660. The number of aliphatic imine (C=N–C) groups is 1. The summed E-state index contributed by atoms with van der Waals surface area (Å²) in [4.78, 5) is 4.28. The fourth-order valence-electron chi connectivity index (χ4n) is 1.33. The predicted molar refractivity (Wildman–Crippen MR) is 50.5 cm³/mol. The van der Waals surface area contributed by atoms with Crippen LogP contribution in [0.4, 0.5) is 4.39 Å². The molecule has 68 valence electrons. The lowest BCUT2D eigenvalue weighted by Gasteiger charge is -1.97. The zero-order valence-corrected chi connectivity index (χ0v) is 7.43. The highest BCUT2D eigenvalue weighted by Gasteiger charge is 1.98. The molecule has 1 heterocycles. The third kappa shape index (κ3) is 3.65. The van der Waals surface area contributed by atoms with E-state index in [0.29, 0.717) is 0 Å². The second-order valence-corrected chi connectivity index (χ2v) is 3.09. The maximum absolute atomic E-state index is 11.7. The lowest BCUT2D eigenvalue weighted by molar-refractivity contribution is 0.454. The van der Waals surface area contributed by atoms with Crippen molar-refractivity contribution in [3.8, 4) is 0 Å². The van der Waals surface area contributed by atoms with Gasteiger partial charge in [-0.2, -0.15) is 0 Å². The fraction of sp³-hybridized carbons (Fsp3) is 0.700. The summed E-state index contributed by atoms with van der Waals surface area (Å²) in [6, 6.07) is 0. The average Bonchev–Trinajstić information content (AvgIpc) is 2.57. The molecule has 0 amide bonds. The number of nitrogens with zero attached hydrogens (tertiary/aromatic N) is 1.